The Morgan fingerprint density at radius 3 is 2.74 bits per heavy atom. The third-order valence-corrected chi connectivity index (χ3v) is 4.01. The first-order chi connectivity index (χ1) is 11.2. The van der Waals surface area contributed by atoms with Crippen molar-refractivity contribution in [3.05, 3.63) is 47.5 Å². The number of rotatable bonds is 5. The fraction of sp³-hybridized carbons (Fsp3) is 0.333. The molecule has 0 saturated carbocycles. The van der Waals surface area contributed by atoms with Gasteiger partial charge in [0.2, 0.25) is 0 Å². The summed E-state index contributed by atoms with van der Waals surface area (Å²) in [5.41, 5.74) is 2.14. The first-order valence-corrected chi connectivity index (χ1v) is 7.59. The maximum absolute atomic E-state index is 9.82. The number of para-hydroxylation sites is 1. The van der Waals surface area contributed by atoms with E-state index in [1.807, 2.05) is 18.2 Å². The van der Waals surface area contributed by atoms with Crippen molar-refractivity contribution >= 4 is 0 Å². The lowest BCUT2D eigenvalue weighted by Crippen LogP contribution is -2.38. The molecule has 2 aromatic carbocycles. The van der Waals surface area contributed by atoms with Crippen LogP contribution in [0.2, 0.25) is 0 Å². The number of hydrogen-bond acceptors (Lipinski definition) is 5. The number of phenols is 1. The molecule has 2 aromatic rings. The Kier molecular flexibility index (Phi) is 4.57. The summed E-state index contributed by atoms with van der Waals surface area (Å²) in [6.07, 6.45) is 0.884. The number of methoxy groups -OCH3 is 2. The molecule has 0 saturated heterocycles. The van der Waals surface area contributed by atoms with Crippen molar-refractivity contribution in [2.75, 3.05) is 20.8 Å². The van der Waals surface area contributed by atoms with Gasteiger partial charge >= 0.3 is 0 Å². The van der Waals surface area contributed by atoms with E-state index in [4.69, 9.17) is 14.2 Å². The molecular formula is C18H21NO4. The van der Waals surface area contributed by atoms with E-state index in [0.29, 0.717) is 18.9 Å². The van der Waals surface area contributed by atoms with E-state index in [1.54, 1.807) is 19.2 Å². The molecule has 1 aliphatic heterocycles. The summed E-state index contributed by atoms with van der Waals surface area (Å²) in [7, 11) is 3.19. The van der Waals surface area contributed by atoms with Crippen LogP contribution in [0.15, 0.2) is 36.4 Å². The Morgan fingerprint density at radius 2 is 2.00 bits per heavy atom. The molecule has 3 rings (SSSR count). The molecule has 0 fully saturated rings. The second kappa shape index (κ2) is 6.79. The van der Waals surface area contributed by atoms with Crippen LogP contribution in [0, 0.1) is 0 Å². The maximum atomic E-state index is 9.82. The van der Waals surface area contributed by atoms with E-state index < -0.39 is 0 Å². The summed E-state index contributed by atoms with van der Waals surface area (Å²) >= 11 is 0. The molecule has 1 aliphatic rings. The van der Waals surface area contributed by atoms with E-state index in [-0.39, 0.29) is 11.8 Å². The van der Waals surface area contributed by atoms with Gasteiger partial charge in [0.1, 0.15) is 6.61 Å². The van der Waals surface area contributed by atoms with E-state index in [0.717, 1.165) is 29.0 Å². The van der Waals surface area contributed by atoms with Crippen LogP contribution in [-0.2, 0) is 13.0 Å². The van der Waals surface area contributed by atoms with Crippen molar-refractivity contribution in [1.82, 2.24) is 5.32 Å². The van der Waals surface area contributed by atoms with Crippen LogP contribution in [0.25, 0.3) is 0 Å². The van der Waals surface area contributed by atoms with E-state index in [9.17, 15) is 5.11 Å². The summed E-state index contributed by atoms with van der Waals surface area (Å²) in [6.45, 7) is 1.25. The second-order valence-corrected chi connectivity index (χ2v) is 5.55. The molecule has 23 heavy (non-hydrogen) atoms. The first kappa shape index (κ1) is 15.5. The number of phenolic OH excluding ortho intramolecular Hbond substituents is 1. The summed E-state index contributed by atoms with van der Waals surface area (Å²) < 4.78 is 16.2. The second-order valence-electron chi connectivity index (χ2n) is 5.55. The third kappa shape index (κ3) is 3.35. The van der Waals surface area contributed by atoms with Gasteiger partial charge in [0.25, 0.3) is 0 Å². The molecule has 1 heterocycles. The zero-order valence-corrected chi connectivity index (χ0v) is 13.3. The van der Waals surface area contributed by atoms with E-state index >= 15 is 0 Å². The van der Waals surface area contributed by atoms with Crippen LogP contribution in [0.3, 0.4) is 0 Å². The van der Waals surface area contributed by atoms with Crippen molar-refractivity contribution in [2.24, 2.45) is 0 Å². The average molecular weight is 315 g/mol. The van der Waals surface area contributed by atoms with Gasteiger partial charge in [-0.25, -0.2) is 0 Å². The van der Waals surface area contributed by atoms with Crippen molar-refractivity contribution in [1.29, 1.82) is 0 Å². The normalized spacial score (nSPS) is 16.3. The van der Waals surface area contributed by atoms with Crippen molar-refractivity contribution in [3.8, 4) is 23.0 Å². The Labute approximate surface area is 135 Å². The van der Waals surface area contributed by atoms with Gasteiger partial charge in [-0.1, -0.05) is 18.2 Å². The van der Waals surface area contributed by atoms with Gasteiger partial charge in [-0.05, 0) is 35.7 Å². The molecule has 0 amide bonds. The molecular weight excluding hydrogens is 294 g/mol. The maximum Gasteiger partial charge on any atom is 0.164 e. The molecule has 5 heteroatoms. The number of fused-ring (bicyclic) bond motifs is 1. The molecule has 0 radical (unpaired) electrons. The summed E-state index contributed by atoms with van der Waals surface area (Å²) in [6, 6.07) is 11.6. The van der Waals surface area contributed by atoms with Crippen LogP contribution in [-0.4, -0.2) is 32.0 Å². The van der Waals surface area contributed by atoms with E-state index in [1.165, 1.54) is 7.11 Å². The number of nitrogens with one attached hydrogen (secondary N) is 1. The zero-order valence-electron chi connectivity index (χ0n) is 13.3. The van der Waals surface area contributed by atoms with Gasteiger partial charge in [-0.2, -0.15) is 0 Å². The van der Waals surface area contributed by atoms with Crippen molar-refractivity contribution in [2.45, 2.75) is 19.0 Å². The summed E-state index contributed by atoms with van der Waals surface area (Å²) in [5, 5.41) is 13.3. The standard InChI is InChI=1S/C18H21NO4/c1-21-16-7-6-12(8-15(16)20)10-19-14-9-13-4-3-5-17(22-2)18(13)23-11-14/h3-8,14,19-20H,9-11H2,1-2H3. The largest absolute Gasteiger partial charge is 0.504 e. The molecule has 0 aromatic heterocycles. The van der Waals surface area contributed by atoms with Gasteiger partial charge in [-0.3, -0.25) is 0 Å². The highest BCUT2D eigenvalue weighted by molar-refractivity contribution is 5.48. The van der Waals surface area contributed by atoms with Gasteiger partial charge in [-0.15, -0.1) is 0 Å². The monoisotopic (exact) mass is 315 g/mol. The summed E-state index contributed by atoms with van der Waals surface area (Å²) in [5.74, 6) is 2.26. The van der Waals surface area contributed by atoms with Crippen LogP contribution in [0.1, 0.15) is 11.1 Å². The van der Waals surface area contributed by atoms with Gasteiger partial charge in [0.15, 0.2) is 23.0 Å². The minimum absolute atomic E-state index is 0.154. The molecule has 1 unspecified atom stereocenters. The van der Waals surface area contributed by atoms with Gasteiger partial charge < -0.3 is 24.6 Å². The van der Waals surface area contributed by atoms with Crippen LogP contribution >= 0.6 is 0 Å². The lowest BCUT2D eigenvalue weighted by molar-refractivity contribution is 0.226. The number of aromatic hydroxyl groups is 1. The predicted molar refractivity (Wildman–Crippen MR) is 87.5 cm³/mol. The zero-order chi connectivity index (χ0) is 16.2. The molecule has 0 bridgehead atoms. The highest BCUT2D eigenvalue weighted by Crippen LogP contribution is 2.34. The summed E-state index contributed by atoms with van der Waals surface area (Å²) in [4.78, 5) is 0. The van der Waals surface area contributed by atoms with Crippen molar-refractivity contribution < 1.29 is 19.3 Å². The number of ether oxygens (including phenoxy) is 3. The Hall–Kier alpha value is -2.40. The SMILES string of the molecule is COc1ccc(CNC2COc3c(cccc3OC)C2)cc1O. The molecule has 5 nitrogen and oxygen atoms in total. The predicted octanol–water partition coefficient (Wildman–Crippen LogP) is 2.50. The first-order valence-electron chi connectivity index (χ1n) is 7.59. The molecule has 1 atom stereocenters. The third-order valence-electron chi connectivity index (χ3n) is 4.01. The quantitative estimate of drug-likeness (QED) is 0.888. The topological polar surface area (TPSA) is 60.0 Å². The minimum Gasteiger partial charge on any atom is -0.504 e. The van der Waals surface area contributed by atoms with E-state index in [2.05, 4.69) is 11.4 Å². The van der Waals surface area contributed by atoms with Gasteiger partial charge in [0.05, 0.1) is 14.2 Å². The lowest BCUT2D eigenvalue weighted by atomic mass is 10.0. The van der Waals surface area contributed by atoms with Crippen LogP contribution in [0.4, 0.5) is 0 Å². The molecule has 0 aliphatic carbocycles. The average Bonchev–Trinajstić information content (AvgIpc) is 2.59. The molecule has 0 spiro atoms. The molecule has 2 N–H and O–H groups in total. The highest BCUT2D eigenvalue weighted by Gasteiger charge is 2.22. The highest BCUT2D eigenvalue weighted by atomic mass is 16.5. The Balaban J connectivity index is 1.63. The fourth-order valence-electron chi connectivity index (χ4n) is 2.79. The number of benzene rings is 2. The Morgan fingerprint density at radius 1 is 1.17 bits per heavy atom. The minimum atomic E-state index is 0.154. The Bertz CT molecular complexity index is 687. The lowest BCUT2D eigenvalue weighted by Gasteiger charge is -2.27. The van der Waals surface area contributed by atoms with Crippen LogP contribution < -0.4 is 19.5 Å². The molecule has 122 valence electrons. The smallest absolute Gasteiger partial charge is 0.164 e. The van der Waals surface area contributed by atoms with Gasteiger partial charge in [0, 0.05) is 12.6 Å². The van der Waals surface area contributed by atoms with Crippen molar-refractivity contribution in [3.63, 3.8) is 0 Å². The van der Waals surface area contributed by atoms with Crippen LogP contribution in [0.5, 0.6) is 23.0 Å². The fourth-order valence-corrected chi connectivity index (χ4v) is 2.79. The number of hydrogen-bond donors (Lipinski definition) is 2.